The molecular weight excluding hydrogens is 409 g/mol. The summed E-state index contributed by atoms with van der Waals surface area (Å²) in [5.41, 5.74) is 8.34. The number of aromatic nitrogens is 2. The number of benzene rings is 2. The highest BCUT2D eigenvalue weighted by atomic mass is 35.5. The second-order valence-electron chi connectivity index (χ2n) is 6.95. The number of nitrogens with two attached hydrogens (primary N) is 1. The van der Waals surface area contributed by atoms with Crippen LogP contribution in [0.1, 0.15) is 40.3 Å². The van der Waals surface area contributed by atoms with Gasteiger partial charge in [0.05, 0.1) is 23.0 Å². The van der Waals surface area contributed by atoms with Gasteiger partial charge in [-0.05, 0) is 38.5 Å². The van der Waals surface area contributed by atoms with E-state index in [0.717, 1.165) is 0 Å². The molecule has 0 bridgehead atoms. The molecule has 0 radical (unpaired) electrons. The molecule has 3 N–H and O–H groups in total. The Hall–Kier alpha value is -3.32. The highest BCUT2D eigenvalue weighted by molar-refractivity contribution is 6.33. The third-order valence-corrected chi connectivity index (χ3v) is 5.19. The number of carboxylic acid groups (broad SMARTS) is 1. The molecular formula is C22H19ClFN3O3. The average molecular weight is 428 g/mol. The zero-order valence-electron chi connectivity index (χ0n) is 16.5. The summed E-state index contributed by atoms with van der Waals surface area (Å²) in [7, 11) is 0. The number of rotatable bonds is 5. The van der Waals surface area contributed by atoms with Gasteiger partial charge in [-0.25, -0.2) is 9.37 Å². The van der Waals surface area contributed by atoms with Crippen LogP contribution in [0.25, 0.3) is 22.4 Å². The summed E-state index contributed by atoms with van der Waals surface area (Å²) in [6.07, 6.45) is 0. The standard InChI is InChI=1S/C22H19ClFN3O3/c1-10(22(29)30)13-4-6-15(17(23)8-13)16-7-5-14(9-18(16)24)19-11(2)26-12(3)20(27-19)21(25)28/h4-10H,1-3H3,(H2,25,28)(H,29,30)/t10-/m0/s1. The first-order valence-electron chi connectivity index (χ1n) is 9.07. The van der Waals surface area contributed by atoms with Gasteiger partial charge < -0.3 is 10.8 Å². The topological polar surface area (TPSA) is 106 Å². The summed E-state index contributed by atoms with van der Waals surface area (Å²) < 4.78 is 15.0. The molecule has 0 fully saturated rings. The largest absolute Gasteiger partial charge is 0.481 e. The molecule has 0 saturated carbocycles. The molecule has 3 aromatic rings. The van der Waals surface area contributed by atoms with Gasteiger partial charge in [0.15, 0.2) is 0 Å². The van der Waals surface area contributed by atoms with Crippen LogP contribution in [0, 0.1) is 19.7 Å². The molecule has 0 saturated heterocycles. The lowest BCUT2D eigenvalue weighted by molar-refractivity contribution is -0.138. The third-order valence-electron chi connectivity index (χ3n) is 4.87. The fourth-order valence-corrected chi connectivity index (χ4v) is 3.47. The van der Waals surface area contributed by atoms with Gasteiger partial charge in [0.2, 0.25) is 0 Å². The lowest BCUT2D eigenvalue weighted by Gasteiger charge is -2.13. The minimum absolute atomic E-state index is 0.0336. The Morgan fingerprint density at radius 3 is 2.30 bits per heavy atom. The number of carbonyl (C=O) groups excluding carboxylic acids is 1. The zero-order chi connectivity index (χ0) is 22.2. The van der Waals surface area contributed by atoms with E-state index in [4.69, 9.17) is 22.4 Å². The first-order chi connectivity index (χ1) is 14.1. The monoisotopic (exact) mass is 427 g/mol. The molecule has 0 aliphatic carbocycles. The average Bonchev–Trinajstić information content (AvgIpc) is 2.67. The first-order valence-corrected chi connectivity index (χ1v) is 9.45. The van der Waals surface area contributed by atoms with E-state index in [1.807, 2.05) is 0 Å². The zero-order valence-corrected chi connectivity index (χ0v) is 17.3. The molecule has 1 heterocycles. The predicted molar refractivity (Wildman–Crippen MR) is 112 cm³/mol. The molecule has 6 nitrogen and oxygen atoms in total. The van der Waals surface area contributed by atoms with Gasteiger partial charge in [-0.3, -0.25) is 14.6 Å². The number of carbonyl (C=O) groups is 2. The van der Waals surface area contributed by atoms with Crippen molar-refractivity contribution in [2.75, 3.05) is 0 Å². The van der Waals surface area contributed by atoms with Crippen LogP contribution in [-0.4, -0.2) is 27.0 Å². The summed E-state index contributed by atoms with van der Waals surface area (Å²) in [6, 6.07) is 9.23. The summed E-state index contributed by atoms with van der Waals surface area (Å²) in [6.45, 7) is 4.89. The SMILES string of the molecule is Cc1nc(C)c(-c2ccc(-c3ccc([C@H](C)C(=O)O)cc3Cl)c(F)c2)nc1C(N)=O. The van der Waals surface area contributed by atoms with Crippen molar-refractivity contribution in [1.82, 2.24) is 9.97 Å². The molecule has 154 valence electrons. The summed E-state index contributed by atoms with van der Waals surface area (Å²) in [4.78, 5) is 31.3. The van der Waals surface area contributed by atoms with E-state index in [9.17, 15) is 14.0 Å². The van der Waals surface area contributed by atoms with Gasteiger partial charge in [-0.1, -0.05) is 35.9 Å². The van der Waals surface area contributed by atoms with Crippen molar-refractivity contribution in [3.63, 3.8) is 0 Å². The molecule has 0 aliphatic rings. The van der Waals surface area contributed by atoms with E-state index in [0.29, 0.717) is 33.8 Å². The van der Waals surface area contributed by atoms with Crippen LogP contribution in [0.5, 0.6) is 0 Å². The number of hydrogen-bond donors (Lipinski definition) is 2. The lowest BCUT2D eigenvalue weighted by atomic mass is 9.96. The van der Waals surface area contributed by atoms with Crippen LogP contribution in [0.2, 0.25) is 5.02 Å². The Kier molecular flexibility index (Phi) is 5.85. The second kappa shape index (κ2) is 8.20. The van der Waals surface area contributed by atoms with Crippen LogP contribution in [0.15, 0.2) is 36.4 Å². The summed E-state index contributed by atoms with van der Waals surface area (Å²) in [5, 5.41) is 9.39. The van der Waals surface area contributed by atoms with E-state index in [1.165, 1.54) is 12.1 Å². The first kappa shape index (κ1) is 21.4. The van der Waals surface area contributed by atoms with E-state index in [1.54, 1.807) is 45.0 Å². The van der Waals surface area contributed by atoms with Crippen molar-refractivity contribution in [3.05, 3.63) is 69.9 Å². The molecule has 0 unspecified atom stereocenters. The Labute approximate surface area is 177 Å². The van der Waals surface area contributed by atoms with Gasteiger partial charge in [-0.15, -0.1) is 0 Å². The Bertz CT molecular complexity index is 1180. The fraction of sp³-hybridized carbons (Fsp3) is 0.182. The summed E-state index contributed by atoms with van der Waals surface area (Å²) in [5.74, 6) is -2.96. The Morgan fingerprint density at radius 2 is 1.73 bits per heavy atom. The molecule has 8 heteroatoms. The molecule has 0 aliphatic heterocycles. The van der Waals surface area contributed by atoms with Gasteiger partial charge in [0.1, 0.15) is 11.5 Å². The van der Waals surface area contributed by atoms with Crippen LogP contribution in [-0.2, 0) is 4.79 Å². The van der Waals surface area contributed by atoms with Crippen LogP contribution in [0.3, 0.4) is 0 Å². The van der Waals surface area contributed by atoms with Crippen molar-refractivity contribution in [3.8, 4) is 22.4 Å². The van der Waals surface area contributed by atoms with Crippen molar-refractivity contribution >= 4 is 23.5 Å². The lowest BCUT2D eigenvalue weighted by Crippen LogP contribution is -2.17. The minimum atomic E-state index is -0.973. The molecule has 1 amide bonds. The van der Waals surface area contributed by atoms with Crippen molar-refractivity contribution in [2.24, 2.45) is 5.73 Å². The van der Waals surface area contributed by atoms with Crippen LogP contribution in [0.4, 0.5) is 4.39 Å². The highest BCUT2D eigenvalue weighted by Crippen LogP contribution is 2.34. The number of amides is 1. The number of aryl methyl sites for hydroxylation is 2. The smallest absolute Gasteiger partial charge is 0.310 e. The second-order valence-corrected chi connectivity index (χ2v) is 7.36. The van der Waals surface area contributed by atoms with Crippen molar-refractivity contribution < 1.29 is 19.1 Å². The maximum atomic E-state index is 15.0. The maximum absolute atomic E-state index is 15.0. The van der Waals surface area contributed by atoms with E-state index in [-0.39, 0.29) is 16.3 Å². The van der Waals surface area contributed by atoms with Gasteiger partial charge in [0, 0.05) is 21.7 Å². The predicted octanol–water partition coefficient (Wildman–Crippen LogP) is 4.51. The fourth-order valence-electron chi connectivity index (χ4n) is 3.18. The Morgan fingerprint density at radius 1 is 1.07 bits per heavy atom. The highest BCUT2D eigenvalue weighted by Gasteiger charge is 2.18. The normalized spacial score (nSPS) is 11.9. The summed E-state index contributed by atoms with van der Waals surface area (Å²) >= 11 is 6.31. The number of hydrogen-bond acceptors (Lipinski definition) is 4. The number of aliphatic carboxylic acids is 1. The van der Waals surface area contributed by atoms with Gasteiger partial charge >= 0.3 is 5.97 Å². The van der Waals surface area contributed by atoms with Crippen molar-refractivity contribution in [1.29, 1.82) is 0 Å². The van der Waals surface area contributed by atoms with E-state index >= 15 is 0 Å². The maximum Gasteiger partial charge on any atom is 0.310 e. The van der Waals surface area contributed by atoms with Crippen LogP contribution < -0.4 is 5.73 Å². The Balaban J connectivity index is 2.04. The number of halogens is 2. The third kappa shape index (κ3) is 4.02. The molecule has 1 atom stereocenters. The van der Waals surface area contributed by atoms with E-state index < -0.39 is 23.6 Å². The minimum Gasteiger partial charge on any atom is -0.481 e. The van der Waals surface area contributed by atoms with Gasteiger partial charge in [-0.2, -0.15) is 0 Å². The quantitative estimate of drug-likeness (QED) is 0.623. The van der Waals surface area contributed by atoms with Crippen molar-refractivity contribution in [2.45, 2.75) is 26.7 Å². The van der Waals surface area contributed by atoms with E-state index in [2.05, 4.69) is 9.97 Å². The van der Waals surface area contributed by atoms with Gasteiger partial charge in [0.25, 0.3) is 5.91 Å². The number of nitrogens with zero attached hydrogens (tertiary/aromatic N) is 2. The number of primary amides is 1. The number of carboxylic acids is 1. The molecule has 2 aromatic carbocycles. The molecule has 30 heavy (non-hydrogen) atoms. The molecule has 3 rings (SSSR count). The van der Waals surface area contributed by atoms with Crippen LogP contribution >= 0.6 is 11.6 Å². The molecule has 0 spiro atoms. The molecule has 1 aromatic heterocycles.